The van der Waals surface area contributed by atoms with Crippen molar-refractivity contribution in [3.05, 3.63) is 76.9 Å². The van der Waals surface area contributed by atoms with E-state index in [1.807, 2.05) is 68.4 Å². The summed E-state index contributed by atoms with van der Waals surface area (Å²) in [5.74, 6) is 0.690. The molecule has 2 aromatic carbocycles. The summed E-state index contributed by atoms with van der Waals surface area (Å²) in [6.45, 7) is 4.57. The van der Waals surface area contributed by atoms with Crippen LogP contribution in [0, 0.1) is 6.92 Å². The summed E-state index contributed by atoms with van der Waals surface area (Å²) < 4.78 is 11.7. The van der Waals surface area contributed by atoms with Gasteiger partial charge in [-0.15, -0.1) is 0 Å². The highest BCUT2D eigenvalue weighted by Gasteiger charge is 2.28. The molecule has 1 aliphatic rings. The Hall–Kier alpha value is -2.39. The second-order valence-corrected chi connectivity index (χ2v) is 5.86. The third-order valence-electron chi connectivity index (χ3n) is 4.21. The van der Waals surface area contributed by atoms with Gasteiger partial charge in [0.1, 0.15) is 5.76 Å². The minimum absolute atomic E-state index is 0.0313. The molecule has 1 atom stereocenters. The van der Waals surface area contributed by atoms with Crippen molar-refractivity contribution in [2.75, 3.05) is 6.61 Å². The van der Waals surface area contributed by atoms with E-state index in [2.05, 4.69) is 0 Å². The number of hydrogen-bond donors (Lipinski definition) is 0. The number of carbonyl (C=O) groups is 1. The van der Waals surface area contributed by atoms with Gasteiger partial charge in [-0.3, -0.25) is 4.79 Å². The van der Waals surface area contributed by atoms with Crippen LogP contribution in [0.3, 0.4) is 0 Å². The summed E-state index contributed by atoms with van der Waals surface area (Å²) >= 11 is 0. The van der Waals surface area contributed by atoms with Crippen molar-refractivity contribution in [2.45, 2.75) is 33.0 Å². The van der Waals surface area contributed by atoms with E-state index >= 15 is 0 Å². The number of Topliss-reactive ketones (excluding diaryl/α,β-unsaturated/α-hetero) is 1. The standard InChI is InChI=1S/C21H22O3/c1-3-23-19-14-13-18(20(22)16-10-5-4-6-11-16)21(24-19)17-12-8-7-9-15(17)2/h4-12,19H,3,13-14H2,1-2H3. The number of allylic oxidation sites excluding steroid dienone is 1. The van der Waals surface area contributed by atoms with Crippen molar-refractivity contribution in [2.24, 2.45) is 0 Å². The van der Waals surface area contributed by atoms with Crippen molar-refractivity contribution in [1.29, 1.82) is 0 Å². The van der Waals surface area contributed by atoms with Gasteiger partial charge in [-0.25, -0.2) is 0 Å². The quantitative estimate of drug-likeness (QED) is 0.744. The first-order chi connectivity index (χ1) is 11.7. The van der Waals surface area contributed by atoms with Crippen LogP contribution in [0.25, 0.3) is 5.76 Å². The van der Waals surface area contributed by atoms with E-state index in [4.69, 9.17) is 9.47 Å². The SMILES string of the molecule is CCOC1CCC(C(=O)c2ccccc2)=C(c2ccccc2C)O1. The zero-order valence-electron chi connectivity index (χ0n) is 14.1. The normalized spacial score (nSPS) is 17.5. The smallest absolute Gasteiger partial charge is 0.200 e. The van der Waals surface area contributed by atoms with E-state index in [9.17, 15) is 4.79 Å². The maximum atomic E-state index is 13.0. The molecule has 3 rings (SSSR count). The molecule has 0 aromatic heterocycles. The molecule has 0 radical (unpaired) electrons. The molecule has 3 nitrogen and oxygen atoms in total. The van der Waals surface area contributed by atoms with E-state index in [0.717, 1.165) is 16.7 Å². The predicted octanol–water partition coefficient (Wildman–Crippen LogP) is 4.76. The number of carbonyl (C=O) groups excluding carboxylic acids is 1. The van der Waals surface area contributed by atoms with Crippen LogP contribution in [0.15, 0.2) is 60.2 Å². The summed E-state index contributed by atoms with van der Waals surface area (Å²) in [4.78, 5) is 13.0. The van der Waals surface area contributed by atoms with Gasteiger partial charge in [0.05, 0.1) is 0 Å². The summed E-state index contributed by atoms with van der Waals surface area (Å²) in [5, 5.41) is 0. The summed E-state index contributed by atoms with van der Waals surface area (Å²) in [6.07, 6.45) is 1.05. The summed E-state index contributed by atoms with van der Waals surface area (Å²) in [6, 6.07) is 17.4. The summed E-state index contributed by atoms with van der Waals surface area (Å²) in [5.41, 5.74) is 3.47. The molecule has 24 heavy (non-hydrogen) atoms. The Kier molecular flexibility index (Phi) is 5.11. The van der Waals surface area contributed by atoms with Crippen LogP contribution in [0.1, 0.15) is 41.3 Å². The Morgan fingerprint density at radius 3 is 2.54 bits per heavy atom. The second kappa shape index (κ2) is 7.45. The molecule has 0 aliphatic carbocycles. The van der Waals surface area contributed by atoms with Gasteiger partial charge in [-0.2, -0.15) is 0 Å². The molecule has 0 amide bonds. The largest absolute Gasteiger partial charge is 0.464 e. The van der Waals surface area contributed by atoms with E-state index in [-0.39, 0.29) is 12.1 Å². The first-order valence-corrected chi connectivity index (χ1v) is 8.38. The number of benzene rings is 2. The number of rotatable bonds is 5. The molecule has 3 heteroatoms. The van der Waals surface area contributed by atoms with Crippen molar-refractivity contribution in [1.82, 2.24) is 0 Å². The van der Waals surface area contributed by atoms with Crippen LogP contribution in [-0.4, -0.2) is 18.7 Å². The van der Waals surface area contributed by atoms with Crippen LogP contribution in [0.2, 0.25) is 0 Å². The molecule has 0 saturated heterocycles. The predicted molar refractivity (Wildman–Crippen MR) is 94.6 cm³/mol. The molecule has 2 aromatic rings. The Labute approximate surface area is 142 Å². The van der Waals surface area contributed by atoms with Crippen LogP contribution in [-0.2, 0) is 9.47 Å². The van der Waals surface area contributed by atoms with E-state index in [1.54, 1.807) is 0 Å². The average molecular weight is 322 g/mol. The lowest BCUT2D eigenvalue weighted by Gasteiger charge is -2.28. The molecule has 124 valence electrons. The Bertz CT molecular complexity index is 747. The van der Waals surface area contributed by atoms with Gasteiger partial charge >= 0.3 is 0 Å². The molecule has 0 fully saturated rings. The van der Waals surface area contributed by atoms with Gasteiger partial charge in [-0.05, 0) is 25.8 Å². The van der Waals surface area contributed by atoms with Gasteiger partial charge in [0, 0.05) is 29.7 Å². The summed E-state index contributed by atoms with van der Waals surface area (Å²) in [7, 11) is 0. The highest BCUT2D eigenvalue weighted by atomic mass is 16.7. The van der Waals surface area contributed by atoms with Crippen LogP contribution >= 0.6 is 0 Å². The van der Waals surface area contributed by atoms with Gasteiger partial charge in [-0.1, -0.05) is 54.6 Å². The van der Waals surface area contributed by atoms with E-state index in [1.165, 1.54) is 0 Å². The number of aryl methyl sites for hydroxylation is 1. The lowest BCUT2D eigenvalue weighted by atomic mass is 9.92. The van der Waals surface area contributed by atoms with Crippen LogP contribution in [0.4, 0.5) is 0 Å². The highest BCUT2D eigenvalue weighted by molar-refractivity contribution is 6.12. The van der Waals surface area contributed by atoms with Crippen LogP contribution in [0.5, 0.6) is 0 Å². The molecule has 0 N–H and O–H groups in total. The van der Waals surface area contributed by atoms with Gasteiger partial charge in [0.15, 0.2) is 12.1 Å². The van der Waals surface area contributed by atoms with Gasteiger partial charge in [0.2, 0.25) is 0 Å². The molecule has 0 saturated carbocycles. The van der Waals surface area contributed by atoms with Gasteiger partial charge in [0.25, 0.3) is 0 Å². The first-order valence-electron chi connectivity index (χ1n) is 8.38. The molecular formula is C21H22O3. The molecule has 1 unspecified atom stereocenters. The maximum Gasteiger partial charge on any atom is 0.200 e. The third-order valence-corrected chi connectivity index (χ3v) is 4.21. The maximum absolute atomic E-state index is 13.0. The van der Waals surface area contributed by atoms with Crippen LogP contribution < -0.4 is 0 Å². The van der Waals surface area contributed by atoms with E-state index < -0.39 is 0 Å². The second-order valence-electron chi connectivity index (χ2n) is 5.86. The Morgan fingerprint density at radius 1 is 1.12 bits per heavy atom. The molecule has 0 spiro atoms. The molecular weight excluding hydrogens is 300 g/mol. The first kappa shape index (κ1) is 16.5. The highest BCUT2D eigenvalue weighted by Crippen LogP contribution is 2.34. The fourth-order valence-corrected chi connectivity index (χ4v) is 2.97. The zero-order chi connectivity index (χ0) is 16.9. The fourth-order valence-electron chi connectivity index (χ4n) is 2.97. The number of ketones is 1. The average Bonchev–Trinajstić information content (AvgIpc) is 2.62. The monoisotopic (exact) mass is 322 g/mol. The van der Waals surface area contributed by atoms with Gasteiger partial charge < -0.3 is 9.47 Å². The minimum Gasteiger partial charge on any atom is -0.464 e. The zero-order valence-corrected chi connectivity index (χ0v) is 14.1. The Balaban J connectivity index is 2.05. The topological polar surface area (TPSA) is 35.5 Å². The molecule has 0 bridgehead atoms. The van der Waals surface area contributed by atoms with Crippen molar-refractivity contribution < 1.29 is 14.3 Å². The third kappa shape index (κ3) is 3.41. The lowest BCUT2D eigenvalue weighted by Crippen LogP contribution is -2.24. The lowest BCUT2D eigenvalue weighted by molar-refractivity contribution is -0.102. The molecule has 1 heterocycles. The van der Waals surface area contributed by atoms with Crippen molar-refractivity contribution in [3.8, 4) is 0 Å². The molecule has 1 aliphatic heterocycles. The minimum atomic E-state index is -0.295. The van der Waals surface area contributed by atoms with E-state index in [0.29, 0.717) is 30.8 Å². The van der Waals surface area contributed by atoms with Crippen molar-refractivity contribution >= 4 is 11.5 Å². The number of ether oxygens (including phenoxy) is 2. The fraction of sp³-hybridized carbons (Fsp3) is 0.286. The van der Waals surface area contributed by atoms with Crippen molar-refractivity contribution in [3.63, 3.8) is 0 Å². The Morgan fingerprint density at radius 2 is 1.83 bits per heavy atom. The number of hydrogen-bond acceptors (Lipinski definition) is 3.